The number of nitrogens with one attached hydrogen (secondary N) is 2. The number of fused-ring (bicyclic) bond motifs is 4. The van der Waals surface area contributed by atoms with Crippen molar-refractivity contribution in [3.05, 3.63) is 68.5 Å². The first-order valence-corrected chi connectivity index (χ1v) is 12.9. The van der Waals surface area contributed by atoms with E-state index in [1.54, 1.807) is 0 Å². The number of nitrogens with zero attached hydrogens (tertiary/aromatic N) is 4. The maximum absolute atomic E-state index is 13.9. The van der Waals surface area contributed by atoms with Gasteiger partial charge in [-0.3, -0.25) is 4.79 Å². The van der Waals surface area contributed by atoms with Crippen LogP contribution in [0.5, 0.6) is 0 Å². The number of rotatable bonds is 4. The Kier molecular flexibility index (Phi) is 5.33. The molecule has 3 saturated carbocycles. The van der Waals surface area contributed by atoms with E-state index in [4.69, 9.17) is 16.6 Å². The first-order chi connectivity index (χ1) is 16.5. The number of amides is 1. The van der Waals surface area contributed by atoms with E-state index >= 15 is 0 Å². The molecule has 7 rings (SSSR count). The highest BCUT2D eigenvalue weighted by Crippen LogP contribution is 2.52. The number of H-pyrrole nitrogens is 1. The molecule has 2 aromatic heterocycles. The zero-order valence-electron chi connectivity index (χ0n) is 18.3. The lowest BCUT2D eigenvalue weighted by atomic mass is 9.57. The van der Waals surface area contributed by atoms with E-state index in [0.29, 0.717) is 16.3 Å². The van der Waals surface area contributed by atoms with Gasteiger partial charge in [0, 0.05) is 25.5 Å². The number of benzene rings is 2. The molecule has 3 aliphatic carbocycles. The van der Waals surface area contributed by atoms with Gasteiger partial charge in [-0.05, 0) is 89.7 Å². The summed E-state index contributed by atoms with van der Waals surface area (Å²) >= 11 is 9.18. The minimum atomic E-state index is -0.236. The number of hydrogen-bond donors (Lipinski definition) is 2. The average molecular weight is 585 g/mol. The Morgan fingerprint density at radius 2 is 1.76 bits per heavy atom. The van der Waals surface area contributed by atoms with Crippen molar-refractivity contribution < 1.29 is 4.79 Å². The lowest BCUT2D eigenvalue weighted by molar-refractivity contribution is 0.0579. The third kappa shape index (κ3) is 3.58. The fourth-order valence-electron chi connectivity index (χ4n) is 5.64. The zero-order valence-corrected chi connectivity index (χ0v) is 21.2. The van der Waals surface area contributed by atoms with Gasteiger partial charge in [0.05, 0.1) is 21.8 Å². The molecule has 172 valence electrons. The second kappa shape index (κ2) is 8.27. The molecule has 4 aromatic rings. The summed E-state index contributed by atoms with van der Waals surface area (Å²) in [5.74, 6) is 0.740. The van der Waals surface area contributed by atoms with Gasteiger partial charge in [0.25, 0.3) is 5.91 Å². The van der Waals surface area contributed by atoms with E-state index in [1.165, 1.54) is 0 Å². The van der Waals surface area contributed by atoms with E-state index in [9.17, 15) is 4.79 Å². The zero-order chi connectivity index (χ0) is 23.3. The molecule has 9 heteroatoms. The van der Waals surface area contributed by atoms with Gasteiger partial charge < -0.3 is 5.32 Å². The molecule has 0 atom stereocenters. The van der Waals surface area contributed by atoms with Crippen molar-refractivity contribution in [2.75, 3.05) is 0 Å². The minimum absolute atomic E-state index is 0.00637. The normalized spacial score (nSPS) is 23.8. The van der Waals surface area contributed by atoms with Gasteiger partial charge in [-0.2, -0.15) is 0 Å². The monoisotopic (exact) mass is 584 g/mol. The smallest absolute Gasteiger partial charge is 0.253 e. The van der Waals surface area contributed by atoms with Crippen LogP contribution in [0.25, 0.3) is 22.2 Å². The molecule has 0 saturated heterocycles. The van der Waals surface area contributed by atoms with Crippen LogP contribution in [0.1, 0.15) is 54.7 Å². The van der Waals surface area contributed by atoms with Gasteiger partial charge in [-0.15, -0.1) is 5.10 Å². The number of aromatic amines is 1. The van der Waals surface area contributed by atoms with Gasteiger partial charge in [0.1, 0.15) is 0 Å². The molecule has 0 spiro atoms. The highest BCUT2D eigenvalue weighted by Gasteiger charge is 2.51. The summed E-state index contributed by atoms with van der Waals surface area (Å²) in [6.45, 7) is 0. The van der Waals surface area contributed by atoms with Crippen LogP contribution in [0.4, 0.5) is 0 Å². The molecule has 1 amide bonds. The van der Waals surface area contributed by atoms with Crippen molar-refractivity contribution >= 4 is 51.0 Å². The Balaban J connectivity index is 1.37. The third-order valence-corrected chi connectivity index (χ3v) is 8.67. The van der Waals surface area contributed by atoms with E-state index in [0.717, 1.165) is 64.4 Å². The van der Waals surface area contributed by atoms with Gasteiger partial charge in [-0.25, -0.2) is 10.1 Å². The van der Waals surface area contributed by atoms with Crippen molar-refractivity contribution in [1.82, 2.24) is 30.9 Å². The summed E-state index contributed by atoms with van der Waals surface area (Å²) < 4.78 is 1.03. The maximum Gasteiger partial charge on any atom is 0.253 e. The standard InChI is InChI=1S/C25H22ClIN6O/c26-20-19(17-14-16(27)6-7-18(17)28-21(20)15-4-2-1-3-5-15)22(34)29-25-11-8-24(9-12-25,10-13-25)23-30-32-33-31-23/h1-7,14H,8-13H2,(H,29,34)(H,30,31,32,33). The first kappa shape index (κ1) is 21.9. The van der Waals surface area contributed by atoms with Crippen LogP contribution in [-0.4, -0.2) is 37.1 Å². The average Bonchev–Trinajstić information content (AvgIpc) is 3.41. The van der Waals surface area contributed by atoms with Crippen molar-refractivity contribution in [1.29, 1.82) is 0 Å². The number of aromatic nitrogens is 5. The van der Waals surface area contributed by atoms with E-state index in [1.807, 2.05) is 48.5 Å². The maximum atomic E-state index is 13.9. The molecule has 34 heavy (non-hydrogen) atoms. The van der Waals surface area contributed by atoms with Crippen LogP contribution < -0.4 is 5.32 Å². The van der Waals surface area contributed by atoms with Crippen molar-refractivity contribution in [3.63, 3.8) is 0 Å². The molecule has 0 unspecified atom stereocenters. The van der Waals surface area contributed by atoms with Gasteiger partial charge in [-0.1, -0.05) is 41.9 Å². The Morgan fingerprint density at radius 1 is 1.03 bits per heavy atom. The second-order valence-electron chi connectivity index (χ2n) is 9.44. The Bertz CT molecular complexity index is 1370. The summed E-state index contributed by atoms with van der Waals surface area (Å²) in [5.41, 5.74) is 2.53. The molecule has 2 aromatic carbocycles. The highest BCUT2D eigenvalue weighted by atomic mass is 127. The number of carbonyl (C=O) groups excluding carboxylic acids is 1. The first-order valence-electron chi connectivity index (χ1n) is 11.4. The van der Waals surface area contributed by atoms with Crippen molar-refractivity contribution in [2.45, 2.75) is 49.5 Å². The quantitative estimate of drug-likeness (QED) is 0.311. The second-order valence-corrected chi connectivity index (χ2v) is 11.1. The van der Waals surface area contributed by atoms with E-state index in [-0.39, 0.29) is 16.9 Å². The number of hydrogen-bond acceptors (Lipinski definition) is 5. The van der Waals surface area contributed by atoms with Gasteiger partial charge >= 0.3 is 0 Å². The minimum Gasteiger partial charge on any atom is -0.347 e. The number of pyridine rings is 1. The molecule has 0 aliphatic heterocycles. The molecule has 0 radical (unpaired) electrons. The van der Waals surface area contributed by atoms with Crippen LogP contribution in [-0.2, 0) is 5.41 Å². The van der Waals surface area contributed by atoms with Crippen LogP contribution >= 0.6 is 34.2 Å². The Labute approximate surface area is 215 Å². The van der Waals surface area contributed by atoms with Crippen LogP contribution in [0.3, 0.4) is 0 Å². The fraction of sp³-hybridized carbons (Fsp3) is 0.320. The summed E-state index contributed by atoms with van der Waals surface area (Å²) in [6, 6.07) is 15.7. The lowest BCUT2D eigenvalue weighted by Gasteiger charge is -2.52. The number of halogens is 2. The molecule has 2 N–H and O–H groups in total. The van der Waals surface area contributed by atoms with E-state index in [2.05, 4.69) is 48.5 Å². The summed E-state index contributed by atoms with van der Waals surface area (Å²) in [5, 5.41) is 19.3. The van der Waals surface area contributed by atoms with Crippen molar-refractivity contribution in [2.24, 2.45) is 0 Å². The van der Waals surface area contributed by atoms with Gasteiger partial charge in [0.15, 0.2) is 5.82 Å². The van der Waals surface area contributed by atoms with E-state index < -0.39 is 0 Å². The molecular weight excluding hydrogens is 563 g/mol. The summed E-state index contributed by atoms with van der Waals surface area (Å²) in [4.78, 5) is 18.7. The van der Waals surface area contributed by atoms with Crippen LogP contribution in [0, 0.1) is 3.57 Å². The topological polar surface area (TPSA) is 96.5 Å². The Morgan fingerprint density at radius 3 is 2.44 bits per heavy atom. The number of carbonyl (C=O) groups is 1. The third-order valence-electron chi connectivity index (χ3n) is 7.63. The predicted octanol–water partition coefficient (Wildman–Crippen LogP) is 5.45. The lowest BCUT2D eigenvalue weighted by Crippen LogP contribution is -2.58. The largest absolute Gasteiger partial charge is 0.347 e. The highest BCUT2D eigenvalue weighted by molar-refractivity contribution is 14.1. The molecule has 3 fully saturated rings. The summed E-state index contributed by atoms with van der Waals surface area (Å²) in [7, 11) is 0. The molecule has 2 heterocycles. The van der Waals surface area contributed by atoms with Crippen LogP contribution in [0.15, 0.2) is 48.5 Å². The molecule has 7 nitrogen and oxygen atoms in total. The molecule has 2 bridgehead atoms. The number of tetrazole rings is 1. The predicted molar refractivity (Wildman–Crippen MR) is 139 cm³/mol. The molecular formula is C25H22ClIN6O. The SMILES string of the molecule is O=C(NC12CCC(c3nnn[nH]3)(CC1)CC2)c1c(Cl)c(-c2ccccc2)nc2ccc(I)cc12. The van der Waals surface area contributed by atoms with Gasteiger partial charge in [0.2, 0.25) is 0 Å². The molecule has 3 aliphatic rings. The summed E-state index contributed by atoms with van der Waals surface area (Å²) in [6.07, 6.45) is 5.52. The fourth-order valence-corrected chi connectivity index (χ4v) is 6.47. The Hall–Kier alpha value is -2.59. The van der Waals surface area contributed by atoms with Crippen molar-refractivity contribution in [3.8, 4) is 11.3 Å². The van der Waals surface area contributed by atoms with Crippen LogP contribution in [0.2, 0.25) is 5.02 Å².